The van der Waals surface area contributed by atoms with Gasteiger partial charge in [-0.15, -0.1) is 15.0 Å². The van der Waals surface area contributed by atoms with Crippen LogP contribution < -0.4 is 0 Å². The summed E-state index contributed by atoms with van der Waals surface area (Å²) in [5.41, 5.74) is 6.41. The fourth-order valence-corrected chi connectivity index (χ4v) is 4.33. The molecule has 4 aromatic rings. The summed E-state index contributed by atoms with van der Waals surface area (Å²) in [7, 11) is 0. The van der Waals surface area contributed by atoms with Crippen LogP contribution in [0.2, 0.25) is 0 Å². The maximum atomic E-state index is 14.5. The molecule has 0 amide bonds. The zero-order valence-electron chi connectivity index (χ0n) is 19.6. The van der Waals surface area contributed by atoms with Crippen molar-refractivity contribution in [1.82, 2.24) is 20.2 Å². The Labute approximate surface area is 203 Å². The molecule has 0 saturated heterocycles. The molecule has 35 heavy (non-hydrogen) atoms. The molecule has 0 N–H and O–H groups in total. The molecule has 1 atom stereocenters. The van der Waals surface area contributed by atoms with Gasteiger partial charge in [0.2, 0.25) is 5.82 Å². The van der Waals surface area contributed by atoms with E-state index in [0.717, 1.165) is 46.4 Å². The number of aromatic nitrogens is 4. The first-order chi connectivity index (χ1) is 17.2. The topological polar surface area (TPSA) is 65.2 Å². The summed E-state index contributed by atoms with van der Waals surface area (Å²) in [4.78, 5) is 6.30. The summed E-state index contributed by atoms with van der Waals surface area (Å²) in [5, 5.41) is 12.5. The summed E-state index contributed by atoms with van der Waals surface area (Å²) in [6.45, 7) is 6.62. The van der Waals surface area contributed by atoms with Crippen LogP contribution in [0, 0.1) is 5.82 Å². The van der Waals surface area contributed by atoms with E-state index in [2.05, 4.69) is 58.4 Å². The lowest BCUT2D eigenvalue weighted by atomic mass is 9.98. The van der Waals surface area contributed by atoms with Crippen molar-refractivity contribution in [2.75, 3.05) is 6.61 Å². The van der Waals surface area contributed by atoms with Gasteiger partial charge < -0.3 is 4.74 Å². The van der Waals surface area contributed by atoms with E-state index < -0.39 is 0 Å². The van der Waals surface area contributed by atoms with Crippen LogP contribution in [0.15, 0.2) is 78.3 Å². The summed E-state index contributed by atoms with van der Waals surface area (Å²) in [5.74, 6) is 0.323. The lowest BCUT2D eigenvalue weighted by Gasteiger charge is -2.09. The Morgan fingerprint density at radius 1 is 1.03 bits per heavy atom. The molecule has 1 aliphatic rings. The third kappa shape index (κ3) is 4.81. The number of tetrazole rings is 1. The Bertz CT molecular complexity index is 1360. The average Bonchev–Trinajstić information content (AvgIpc) is 3.58. The molecule has 0 spiro atoms. The fraction of sp³-hybridized carbons (Fsp3) is 0.214. The van der Waals surface area contributed by atoms with Gasteiger partial charge in [0.1, 0.15) is 5.82 Å². The molecule has 7 heteroatoms. The van der Waals surface area contributed by atoms with Crippen molar-refractivity contribution in [2.45, 2.75) is 32.5 Å². The molecule has 0 saturated carbocycles. The van der Waals surface area contributed by atoms with Crippen molar-refractivity contribution in [3.8, 4) is 22.5 Å². The Morgan fingerprint density at radius 2 is 1.74 bits per heavy atom. The number of aliphatic imine (C=N–C) groups is 1. The predicted octanol–water partition coefficient (Wildman–Crippen LogP) is 6.11. The molecular weight excluding hydrogens is 441 g/mol. The van der Waals surface area contributed by atoms with Gasteiger partial charge in [-0.3, -0.25) is 4.99 Å². The summed E-state index contributed by atoms with van der Waals surface area (Å²) < 4.78 is 19.8. The molecule has 3 aromatic carbocycles. The first kappa shape index (κ1) is 22.8. The van der Waals surface area contributed by atoms with Gasteiger partial charge >= 0.3 is 0 Å². The second-order valence-electron chi connectivity index (χ2n) is 8.35. The Balaban J connectivity index is 1.31. The van der Waals surface area contributed by atoms with Gasteiger partial charge in [0, 0.05) is 23.4 Å². The minimum Gasteiger partial charge on any atom is -0.358 e. The van der Waals surface area contributed by atoms with E-state index in [1.54, 1.807) is 12.1 Å². The zero-order valence-corrected chi connectivity index (χ0v) is 19.6. The van der Waals surface area contributed by atoms with Crippen molar-refractivity contribution in [1.29, 1.82) is 0 Å². The molecule has 0 fully saturated rings. The van der Waals surface area contributed by atoms with Gasteiger partial charge in [0.15, 0.2) is 6.73 Å². The molecule has 0 bridgehead atoms. The van der Waals surface area contributed by atoms with Crippen LogP contribution in [0.5, 0.6) is 0 Å². The second-order valence-corrected chi connectivity index (χ2v) is 8.35. The normalized spacial score (nSPS) is 15.3. The van der Waals surface area contributed by atoms with Crippen molar-refractivity contribution in [3.05, 3.63) is 95.8 Å². The van der Waals surface area contributed by atoms with Crippen LogP contribution >= 0.6 is 0 Å². The lowest BCUT2D eigenvalue weighted by Crippen LogP contribution is -2.05. The third-order valence-corrected chi connectivity index (χ3v) is 6.16. The summed E-state index contributed by atoms with van der Waals surface area (Å²) in [6.07, 6.45) is 3.30. The molecule has 1 unspecified atom stereocenters. The number of hydrogen-bond donors (Lipinski definition) is 0. The Morgan fingerprint density at radius 3 is 2.46 bits per heavy atom. The molecule has 6 nitrogen and oxygen atoms in total. The van der Waals surface area contributed by atoms with Crippen LogP contribution in [-0.2, 0) is 11.5 Å². The van der Waals surface area contributed by atoms with Gasteiger partial charge in [-0.25, -0.2) is 4.39 Å². The van der Waals surface area contributed by atoms with E-state index in [-0.39, 0.29) is 18.6 Å². The Kier molecular flexibility index (Phi) is 6.59. The standard InChI is InChI=1S/C28H26FN5O/c1-3-19-6-5-7-24(29)27(19)26-17-16-25(30-26)22-12-8-20(9-13-22)21-10-14-23(15-11-21)28-31-33-34(32-28)18-35-4-2/h3,5-15,25H,1,4,16-18H2,2H3. The first-order valence-corrected chi connectivity index (χ1v) is 11.7. The minimum atomic E-state index is -0.243. The van der Waals surface area contributed by atoms with E-state index in [0.29, 0.717) is 18.0 Å². The van der Waals surface area contributed by atoms with Crippen LogP contribution in [0.25, 0.3) is 28.6 Å². The van der Waals surface area contributed by atoms with E-state index in [1.807, 2.05) is 25.1 Å². The van der Waals surface area contributed by atoms with Crippen molar-refractivity contribution < 1.29 is 9.13 Å². The third-order valence-electron chi connectivity index (χ3n) is 6.16. The van der Waals surface area contributed by atoms with Crippen molar-refractivity contribution >= 4 is 11.8 Å². The van der Waals surface area contributed by atoms with Gasteiger partial charge in [-0.1, -0.05) is 73.3 Å². The van der Waals surface area contributed by atoms with Gasteiger partial charge in [-0.05, 0) is 53.3 Å². The average molecular weight is 468 g/mol. The highest BCUT2D eigenvalue weighted by Gasteiger charge is 2.23. The van der Waals surface area contributed by atoms with Crippen molar-refractivity contribution in [2.24, 2.45) is 4.99 Å². The molecule has 1 aromatic heterocycles. The molecule has 5 rings (SSSR count). The minimum absolute atomic E-state index is 0.0315. The lowest BCUT2D eigenvalue weighted by molar-refractivity contribution is 0.0679. The molecule has 176 valence electrons. The zero-order chi connectivity index (χ0) is 24.2. The number of ether oxygens (including phenoxy) is 1. The molecule has 0 radical (unpaired) electrons. The van der Waals surface area contributed by atoms with E-state index in [9.17, 15) is 4.39 Å². The predicted molar refractivity (Wildman–Crippen MR) is 135 cm³/mol. The van der Waals surface area contributed by atoms with E-state index in [1.165, 1.54) is 10.9 Å². The number of rotatable bonds is 8. The highest BCUT2D eigenvalue weighted by molar-refractivity contribution is 6.04. The quantitative estimate of drug-likeness (QED) is 0.314. The summed E-state index contributed by atoms with van der Waals surface area (Å²) >= 11 is 0. The summed E-state index contributed by atoms with van der Waals surface area (Å²) in [6, 6.07) is 21.6. The van der Waals surface area contributed by atoms with Crippen LogP contribution in [0.1, 0.15) is 42.5 Å². The number of nitrogens with zero attached hydrogens (tertiary/aromatic N) is 5. The van der Waals surface area contributed by atoms with E-state index >= 15 is 0 Å². The van der Waals surface area contributed by atoms with Gasteiger partial charge in [-0.2, -0.15) is 0 Å². The first-order valence-electron chi connectivity index (χ1n) is 11.7. The van der Waals surface area contributed by atoms with Crippen molar-refractivity contribution in [3.63, 3.8) is 0 Å². The molecule has 1 aliphatic heterocycles. The Hall–Kier alpha value is -3.97. The van der Waals surface area contributed by atoms with Crippen LogP contribution in [-0.4, -0.2) is 32.5 Å². The van der Waals surface area contributed by atoms with Gasteiger partial charge in [0.05, 0.1) is 6.04 Å². The molecule has 0 aliphatic carbocycles. The molecule has 2 heterocycles. The van der Waals surface area contributed by atoms with E-state index in [4.69, 9.17) is 9.73 Å². The highest BCUT2D eigenvalue weighted by Crippen LogP contribution is 2.34. The maximum absolute atomic E-state index is 14.5. The number of benzene rings is 3. The number of hydrogen-bond acceptors (Lipinski definition) is 5. The second kappa shape index (κ2) is 10.1. The maximum Gasteiger partial charge on any atom is 0.205 e. The van der Waals surface area contributed by atoms with Crippen LogP contribution in [0.3, 0.4) is 0 Å². The SMILES string of the molecule is C=Cc1cccc(F)c1C1=NC(c2ccc(-c3ccc(-c4nnn(COCC)n4)cc3)cc2)CC1. The van der Waals surface area contributed by atoms with Crippen LogP contribution in [0.4, 0.5) is 4.39 Å². The fourth-order valence-electron chi connectivity index (χ4n) is 4.33. The number of halogens is 1. The van der Waals surface area contributed by atoms with Gasteiger partial charge in [0.25, 0.3) is 0 Å². The molecular formula is C28H26FN5O. The largest absolute Gasteiger partial charge is 0.358 e. The monoisotopic (exact) mass is 467 g/mol. The highest BCUT2D eigenvalue weighted by atomic mass is 19.1. The smallest absolute Gasteiger partial charge is 0.205 e.